The van der Waals surface area contributed by atoms with Crippen molar-refractivity contribution in [3.8, 4) is 0 Å². The number of carbonyl (C=O) groups excluding carboxylic acids is 1. The van der Waals surface area contributed by atoms with Gasteiger partial charge in [0.25, 0.3) is 0 Å². The molecular formula is C15H22N2O3S. The van der Waals surface area contributed by atoms with Gasteiger partial charge in [-0.15, -0.1) is 6.58 Å². The highest BCUT2D eigenvalue weighted by Crippen LogP contribution is 2.11. The van der Waals surface area contributed by atoms with Crippen LogP contribution in [0.5, 0.6) is 0 Å². The van der Waals surface area contributed by atoms with Crippen LogP contribution in [0.1, 0.15) is 17.5 Å². The lowest BCUT2D eigenvalue weighted by Gasteiger charge is -2.20. The van der Waals surface area contributed by atoms with Crippen LogP contribution in [-0.4, -0.2) is 38.0 Å². The summed E-state index contributed by atoms with van der Waals surface area (Å²) in [7, 11) is -3.36. The lowest BCUT2D eigenvalue weighted by Crippen LogP contribution is -2.34. The lowest BCUT2D eigenvalue weighted by molar-refractivity contribution is -0.121. The first-order valence-corrected chi connectivity index (χ1v) is 8.56. The summed E-state index contributed by atoms with van der Waals surface area (Å²) in [5.74, 6) is -0.187. The van der Waals surface area contributed by atoms with Crippen LogP contribution in [-0.2, 0) is 21.4 Å². The second kappa shape index (κ2) is 7.95. The van der Waals surface area contributed by atoms with Crippen LogP contribution in [0.3, 0.4) is 0 Å². The Kier molecular flexibility index (Phi) is 6.58. The van der Waals surface area contributed by atoms with Crippen molar-refractivity contribution < 1.29 is 13.2 Å². The molecule has 0 saturated heterocycles. The Bertz CT molecular complexity index is 597. The molecule has 0 radical (unpaired) electrons. The number of sulfonamides is 1. The van der Waals surface area contributed by atoms with E-state index >= 15 is 0 Å². The fourth-order valence-corrected chi connectivity index (χ4v) is 2.68. The third kappa shape index (κ3) is 6.55. The minimum Gasteiger partial charge on any atom is -0.353 e. The maximum atomic E-state index is 11.8. The van der Waals surface area contributed by atoms with Crippen LogP contribution in [0.2, 0.25) is 0 Å². The summed E-state index contributed by atoms with van der Waals surface area (Å²) < 4.78 is 25.0. The molecule has 21 heavy (non-hydrogen) atoms. The van der Waals surface area contributed by atoms with Crippen LogP contribution in [0.4, 0.5) is 0 Å². The maximum Gasteiger partial charge on any atom is 0.221 e. The molecule has 5 nitrogen and oxygen atoms in total. The van der Waals surface area contributed by atoms with E-state index in [2.05, 4.69) is 11.9 Å². The van der Waals surface area contributed by atoms with Crippen LogP contribution in [0, 0.1) is 6.92 Å². The molecule has 0 heterocycles. The van der Waals surface area contributed by atoms with E-state index < -0.39 is 10.0 Å². The Morgan fingerprint density at radius 2 is 2.14 bits per heavy atom. The molecule has 1 N–H and O–H groups in total. The minimum absolute atomic E-state index is 0.132. The number of aryl methyl sites for hydroxylation is 1. The number of nitrogens with zero attached hydrogens (tertiary/aromatic N) is 1. The molecule has 0 fully saturated rings. The SMILES string of the molecule is C=CCNC(=O)CCN(Cc1cccc(C)c1)S(C)(=O)=O. The van der Waals surface area contributed by atoms with E-state index in [-0.39, 0.29) is 25.4 Å². The van der Waals surface area contributed by atoms with E-state index in [1.807, 2.05) is 31.2 Å². The largest absolute Gasteiger partial charge is 0.353 e. The van der Waals surface area contributed by atoms with Gasteiger partial charge in [0.15, 0.2) is 0 Å². The van der Waals surface area contributed by atoms with E-state index in [4.69, 9.17) is 0 Å². The highest BCUT2D eigenvalue weighted by molar-refractivity contribution is 7.88. The van der Waals surface area contributed by atoms with E-state index in [1.165, 1.54) is 4.31 Å². The molecule has 0 saturated carbocycles. The molecule has 0 unspecified atom stereocenters. The molecule has 0 bridgehead atoms. The molecule has 1 aromatic carbocycles. The van der Waals surface area contributed by atoms with E-state index in [0.717, 1.165) is 17.4 Å². The summed E-state index contributed by atoms with van der Waals surface area (Å²) in [4.78, 5) is 11.6. The number of hydrogen-bond acceptors (Lipinski definition) is 3. The predicted molar refractivity (Wildman–Crippen MR) is 84.3 cm³/mol. The Balaban J connectivity index is 2.69. The van der Waals surface area contributed by atoms with Gasteiger partial charge in [-0.25, -0.2) is 8.42 Å². The topological polar surface area (TPSA) is 66.5 Å². The van der Waals surface area contributed by atoms with Crippen molar-refractivity contribution >= 4 is 15.9 Å². The summed E-state index contributed by atoms with van der Waals surface area (Å²) in [5.41, 5.74) is 1.98. The molecule has 1 rings (SSSR count). The fraction of sp³-hybridized carbons (Fsp3) is 0.400. The number of benzene rings is 1. The van der Waals surface area contributed by atoms with Crippen LogP contribution < -0.4 is 5.32 Å². The maximum absolute atomic E-state index is 11.8. The average Bonchev–Trinajstić information content (AvgIpc) is 2.40. The monoisotopic (exact) mass is 310 g/mol. The van der Waals surface area contributed by atoms with Gasteiger partial charge in [0.1, 0.15) is 0 Å². The van der Waals surface area contributed by atoms with Gasteiger partial charge in [-0.3, -0.25) is 4.79 Å². The smallest absolute Gasteiger partial charge is 0.221 e. The number of carbonyl (C=O) groups is 1. The van der Waals surface area contributed by atoms with Crippen molar-refractivity contribution in [3.05, 3.63) is 48.0 Å². The molecule has 6 heteroatoms. The number of rotatable bonds is 8. The van der Waals surface area contributed by atoms with Crippen molar-refractivity contribution in [3.63, 3.8) is 0 Å². The Morgan fingerprint density at radius 1 is 1.43 bits per heavy atom. The van der Waals surface area contributed by atoms with Crippen molar-refractivity contribution in [1.82, 2.24) is 9.62 Å². The van der Waals surface area contributed by atoms with E-state index in [9.17, 15) is 13.2 Å². The first-order valence-electron chi connectivity index (χ1n) is 6.71. The molecule has 0 aromatic heterocycles. The summed E-state index contributed by atoms with van der Waals surface area (Å²) >= 11 is 0. The van der Waals surface area contributed by atoms with Gasteiger partial charge >= 0.3 is 0 Å². The molecule has 1 amide bonds. The standard InChI is InChI=1S/C15H22N2O3S/c1-4-9-16-15(18)8-10-17(21(3,19)20)12-14-7-5-6-13(2)11-14/h4-7,11H,1,8-10,12H2,2-3H3,(H,16,18). The van der Waals surface area contributed by atoms with Gasteiger partial charge in [0.2, 0.25) is 15.9 Å². The van der Waals surface area contributed by atoms with Gasteiger partial charge in [0, 0.05) is 26.1 Å². The first-order chi connectivity index (χ1) is 9.82. The summed E-state index contributed by atoms with van der Waals surface area (Å²) in [5, 5.41) is 2.63. The Labute approximate surface area is 126 Å². The Hall–Kier alpha value is -1.66. The van der Waals surface area contributed by atoms with Gasteiger partial charge in [-0.2, -0.15) is 4.31 Å². The zero-order valence-electron chi connectivity index (χ0n) is 12.5. The quantitative estimate of drug-likeness (QED) is 0.739. The molecule has 0 spiro atoms. The van der Waals surface area contributed by atoms with Gasteiger partial charge in [-0.05, 0) is 12.5 Å². The first kappa shape index (κ1) is 17.4. The van der Waals surface area contributed by atoms with E-state index in [0.29, 0.717) is 6.54 Å². The van der Waals surface area contributed by atoms with Crippen LogP contribution in [0.25, 0.3) is 0 Å². The third-order valence-corrected chi connectivity index (χ3v) is 4.19. The zero-order chi connectivity index (χ0) is 15.9. The molecule has 0 aliphatic rings. The van der Waals surface area contributed by atoms with Crippen LogP contribution in [0.15, 0.2) is 36.9 Å². The molecule has 1 aromatic rings. The normalized spacial score (nSPS) is 11.4. The Morgan fingerprint density at radius 3 is 2.71 bits per heavy atom. The summed E-state index contributed by atoms with van der Waals surface area (Å²) in [6.07, 6.45) is 2.87. The van der Waals surface area contributed by atoms with Crippen molar-refractivity contribution in [2.45, 2.75) is 19.9 Å². The van der Waals surface area contributed by atoms with Gasteiger partial charge in [0.05, 0.1) is 6.26 Å². The number of nitrogens with one attached hydrogen (secondary N) is 1. The second-order valence-electron chi connectivity index (χ2n) is 4.93. The lowest BCUT2D eigenvalue weighted by atomic mass is 10.1. The molecule has 116 valence electrons. The third-order valence-electron chi connectivity index (χ3n) is 2.94. The average molecular weight is 310 g/mol. The molecule has 0 aliphatic heterocycles. The van der Waals surface area contributed by atoms with Gasteiger partial charge < -0.3 is 5.32 Å². The van der Waals surface area contributed by atoms with Crippen molar-refractivity contribution in [2.75, 3.05) is 19.3 Å². The number of amides is 1. The minimum atomic E-state index is -3.36. The van der Waals surface area contributed by atoms with Crippen molar-refractivity contribution in [1.29, 1.82) is 0 Å². The van der Waals surface area contributed by atoms with Crippen molar-refractivity contribution in [2.24, 2.45) is 0 Å². The molecule has 0 aliphatic carbocycles. The summed E-state index contributed by atoms with van der Waals surface area (Å²) in [6.45, 7) is 6.29. The summed E-state index contributed by atoms with van der Waals surface area (Å²) in [6, 6.07) is 7.66. The van der Waals surface area contributed by atoms with Crippen LogP contribution >= 0.6 is 0 Å². The molecular weight excluding hydrogens is 288 g/mol. The van der Waals surface area contributed by atoms with E-state index in [1.54, 1.807) is 6.08 Å². The van der Waals surface area contributed by atoms with Gasteiger partial charge in [-0.1, -0.05) is 35.9 Å². The zero-order valence-corrected chi connectivity index (χ0v) is 13.3. The second-order valence-corrected chi connectivity index (χ2v) is 6.91. The highest BCUT2D eigenvalue weighted by atomic mass is 32.2. The molecule has 0 atom stereocenters. The number of hydrogen-bond donors (Lipinski definition) is 1. The predicted octanol–water partition coefficient (Wildman–Crippen LogP) is 1.45. The fourth-order valence-electron chi connectivity index (χ4n) is 1.88. The highest BCUT2D eigenvalue weighted by Gasteiger charge is 2.18.